The third kappa shape index (κ3) is 5.28. The summed E-state index contributed by atoms with van der Waals surface area (Å²) in [5, 5.41) is 14.3. The first-order valence-electron chi connectivity index (χ1n) is 13.2. The molecule has 0 spiro atoms. The SMILES string of the molecule is C=C1C(C(=O)Nc2cccc(Sc3ccc4nc(N5CCC(C)(N)CC5)[nH]c4n3)c2)=C(O)CN1c1ccccc1. The fourth-order valence-corrected chi connectivity index (χ4v) is 5.84. The lowest BCUT2D eigenvalue weighted by molar-refractivity contribution is -0.112. The van der Waals surface area contributed by atoms with Gasteiger partial charge >= 0.3 is 0 Å². The van der Waals surface area contributed by atoms with E-state index in [-0.39, 0.29) is 23.4 Å². The van der Waals surface area contributed by atoms with Crippen molar-refractivity contribution in [1.29, 1.82) is 0 Å². The zero-order chi connectivity index (χ0) is 27.9. The number of aliphatic hydroxyl groups excluding tert-OH is 1. The molecular weight excluding hydrogens is 522 g/mol. The van der Waals surface area contributed by atoms with E-state index < -0.39 is 5.91 Å². The number of imidazole rings is 1. The lowest BCUT2D eigenvalue weighted by Crippen LogP contribution is -2.48. The molecule has 1 amide bonds. The minimum atomic E-state index is -0.403. The number of carbonyl (C=O) groups excluding carboxylic acids is 1. The van der Waals surface area contributed by atoms with Crippen molar-refractivity contribution in [2.24, 2.45) is 5.73 Å². The number of aromatic nitrogens is 3. The molecule has 0 aliphatic carbocycles. The second-order valence-corrected chi connectivity index (χ2v) is 11.6. The van der Waals surface area contributed by atoms with Crippen LogP contribution in [0.25, 0.3) is 11.2 Å². The van der Waals surface area contributed by atoms with E-state index in [1.807, 2.05) is 71.6 Å². The number of nitrogens with two attached hydrogens (primary N) is 1. The quantitative estimate of drug-likeness (QED) is 0.257. The van der Waals surface area contributed by atoms with E-state index in [2.05, 4.69) is 28.7 Å². The summed E-state index contributed by atoms with van der Waals surface area (Å²) in [5.41, 5.74) is 9.84. The molecule has 0 atom stereocenters. The molecule has 2 aromatic heterocycles. The van der Waals surface area contributed by atoms with Gasteiger partial charge in [-0.05, 0) is 62.2 Å². The highest BCUT2D eigenvalue weighted by molar-refractivity contribution is 7.99. The van der Waals surface area contributed by atoms with E-state index in [1.165, 1.54) is 11.8 Å². The van der Waals surface area contributed by atoms with Gasteiger partial charge in [-0.25, -0.2) is 9.97 Å². The number of rotatable bonds is 6. The molecule has 4 aromatic rings. The number of nitrogens with one attached hydrogen (secondary N) is 2. The molecule has 204 valence electrons. The fraction of sp³-hybridized carbons (Fsp3) is 0.233. The van der Waals surface area contributed by atoms with Crippen molar-refractivity contribution in [2.75, 3.05) is 34.8 Å². The fourth-order valence-electron chi connectivity index (χ4n) is 4.99. The molecule has 0 unspecified atom stereocenters. The predicted molar refractivity (Wildman–Crippen MR) is 160 cm³/mol. The standard InChI is InChI=1S/C30H31N7O2S/c1-19-26(24(38)18-37(19)21-8-4-3-5-9-21)28(39)32-20-7-6-10-22(17-20)40-25-12-11-23-27(34-25)35-29(33-23)36-15-13-30(2,31)14-16-36/h3-12,17,38H,1,13-16,18,31H2,2H3,(H,32,39)(H,33,34,35). The number of aromatic amines is 1. The summed E-state index contributed by atoms with van der Waals surface area (Å²) in [5.74, 6) is 0.414. The molecule has 10 heteroatoms. The zero-order valence-corrected chi connectivity index (χ0v) is 23.0. The van der Waals surface area contributed by atoms with Crippen LogP contribution in [0.1, 0.15) is 19.8 Å². The van der Waals surface area contributed by atoms with E-state index in [1.54, 1.807) is 0 Å². The third-order valence-electron chi connectivity index (χ3n) is 7.33. The first-order valence-corrected chi connectivity index (χ1v) is 14.0. The number of aliphatic hydroxyl groups is 1. The Hall–Kier alpha value is -4.28. The van der Waals surface area contributed by atoms with Gasteiger partial charge in [0.15, 0.2) is 5.65 Å². The van der Waals surface area contributed by atoms with Crippen LogP contribution >= 0.6 is 11.8 Å². The largest absolute Gasteiger partial charge is 0.509 e. The Morgan fingerprint density at radius 3 is 2.65 bits per heavy atom. The summed E-state index contributed by atoms with van der Waals surface area (Å²) >= 11 is 1.49. The highest BCUT2D eigenvalue weighted by Gasteiger charge is 2.31. The molecule has 4 heterocycles. The van der Waals surface area contributed by atoms with Gasteiger partial charge < -0.3 is 30.9 Å². The minimum absolute atomic E-state index is 0.00471. The van der Waals surface area contributed by atoms with Gasteiger partial charge in [0, 0.05) is 34.9 Å². The first kappa shape index (κ1) is 26.0. The smallest absolute Gasteiger partial charge is 0.261 e. The monoisotopic (exact) mass is 553 g/mol. The molecule has 6 rings (SSSR count). The van der Waals surface area contributed by atoms with Crippen LogP contribution in [0, 0.1) is 0 Å². The van der Waals surface area contributed by atoms with Crippen LogP contribution in [0.3, 0.4) is 0 Å². The average Bonchev–Trinajstić information content (AvgIpc) is 3.49. The molecule has 2 aliphatic heterocycles. The van der Waals surface area contributed by atoms with Gasteiger partial charge in [-0.2, -0.15) is 0 Å². The maximum Gasteiger partial charge on any atom is 0.261 e. The van der Waals surface area contributed by atoms with Gasteiger partial charge in [-0.3, -0.25) is 4.79 Å². The van der Waals surface area contributed by atoms with Gasteiger partial charge in [0.05, 0.1) is 12.2 Å². The van der Waals surface area contributed by atoms with Crippen molar-refractivity contribution in [1.82, 2.24) is 15.0 Å². The molecule has 2 aromatic carbocycles. The Balaban J connectivity index is 1.13. The van der Waals surface area contributed by atoms with E-state index in [0.717, 1.165) is 58.7 Å². The van der Waals surface area contributed by atoms with E-state index in [9.17, 15) is 9.90 Å². The average molecular weight is 554 g/mol. The molecule has 0 bridgehead atoms. The lowest BCUT2D eigenvalue weighted by atomic mass is 9.91. The van der Waals surface area contributed by atoms with Crippen molar-refractivity contribution >= 4 is 46.2 Å². The first-order chi connectivity index (χ1) is 19.3. The number of anilines is 3. The number of nitrogens with zero attached hydrogens (tertiary/aromatic N) is 4. The van der Waals surface area contributed by atoms with E-state index in [0.29, 0.717) is 11.4 Å². The van der Waals surface area contributed by atoms with Crippen LogP contribution < -0.4 is 20.9 Å². The molecule has 1 saturated heterocycles. The Labute approximate surface area is 236 Å². The number of hydrogen-bond donors (Lipinski definition) is 4. The number of piperidine rings is 1. The number of H-pyrrole nitrogens is 1. The number of hydrogen-bond acceptors (Lipinski definition) is 8. The Kier molecular flexibility index (Phi) is 6.73. The second-order valence-electron chi connectivity index (χ2n) is 10.5. The van der Waals surface area contributed by atoms with Crippen LogP contribution in [0.2, 0.25) is 0 Å². The Bertz CT molecular complexity index is 1620. The molecule has 0 saturated carbocycles. The number of fused-ring (bicyclic) bond motifs is 1. The Morgan fingerprint density at radius 1 is 1.10 bits per heavy atom. The highest BCUT2D eigenvalue weighted by atomic mass is 32.2. The summed E-state index contributed by atoms with van der Waals surface area (Å²) in [6, 6.07) is 21.0. The highest BCUT2D eigenvalue weighted by Crippen LogP contribution is 2.33. The number of benzene rings is 2. The summed E-state index contributed by atoms with van der Waals surface area (Å²) in [7, 11) is 0. The molecule has 2 aliphatic rings. The molecule has 40 heavy (non-hydrogen) atoms. The molecular formula is C30H31N7O2S. The van der Waals surface area contributed by atoms with E-state index in [4.69, 9.17) is 15.7 Å². The van der Waals surface area contributed by atoms with Crippen molar-refractivity contribution in [3.8, 4) is 0 Å². The number of pyridine rings is 1. The summed E-state index contributed by atoms with van der Waals surface area (Å²) in [4.78, 5) is 31.0. The van der Waals surface area contributed by atoms with Crippen molar-refractivity contribution in [3.63, 3.8) is 0 Å². The van der Waals surface area contributed by atoms with Gasteiger partial charge in [0.2, 0.25) is 5.95 Å². The van der Waals surface area contributed by atoms with Crippen LogP contribution in [0.15, 0.2) is 100 Å². The van der Waals surface area contributed by atoms with Gasteiger partial charge in [0.1, 0.15) is 21.9 Å². The molecule has 5 N–H and O–H groups in total. The maximum atomic E-state index is 13.1. The molecule has 9 nitrogen and oxygen atoms in total. The van der Waals surface area contributed by atoms with Crippen molar-refractivity contribution in [2.45, 2.75) is 35.2 Å². The summed E-state index contributed by atoms with van der Waals surface area (Å²) in [6.45, 7) is 8.08. The van der Waals surface area contributed by atoms with Gasteiger partial charge in [0.25, 0.3) is 5.91 Å². The zero-order valence-electron chi connectivity index (χ0n) is 22.2. The van der Waals surface area contributed by atoms with E-state index >= 15 is 0 Å². The summed E-state index contributed by atoms with van der Waals surface area (Å²) < 4.78 is 0. The van der Waals surface area contributed by atoms with Crippen LogP contribution in [-0.4, -0.2) is 51.1 Å². The lowest BCUT2D eigenvalue weighted by Gasteiger charge is -2.36. The number of amides is 1. The predicted octanol–water partition coefficient (Wildman–Crippen LogP) is 5.21. The third-order valence-corrected chi connectivity index (χ3v) is 8.26. The number of para-hydroxylation sites is 1. The molecule has 0 radical (unpaired) electrons. The van der Waals surface area contributed by atoms with Crippen molar-refractivity contribution in [3.05, 3.63) is 90.3 Å². The van der Waals surface area contributed by atoms with Crippen LogP contribution in [0.4, 0.5) is 17.3 Å². The molecule has 1 fully saturated rings. The second kappa shape index (κ2) is 10.4. The van der Waals surface area contributed by atoms with Crippen LogP contribution in [0.5, 0.6) is 0 Å². The Morgan fingerprint density at radius 2 is 1.88 bits per heavy atom. The van der Waals surface area contributed by atoms with Crippen molar-refractivity contribution < 1.29 is 9.90 Å². The van der Waals surface area contributed by atoms with Gasteiger partial charge in [-0.1, -0.05) is 42.6 Å². The minimum Gasteiger partial charge on any atom is -0.509 e. The topological polar surface area (TPSA) is 123 Å². The summed E-state index contributed by atoms with van der Waals surface area (Å²) in [6.07, 6.45) is 1.84. The normalized spacial score (nSPS) is 17.1. The van der Waals surface area contributed by atoms with Crippen LogP contribution in [-0.2, 0) is 4.79 Å². The number of carbonyl (C=O) groups is 1. The van der Waals surface area contributed by atoms with Gasteiger partial charge in [-0.15, -0.1) is 0 Å². The maximum absolute atomic E-state index is 13.1.